The zero-order valence-corrected chi connectivity index (χ0v) is 11.8. The number of anilines is 1. The Kier molecular flexibility index (Phi) is 4.58. The van der Waals surface area contributed by atoms with Crippen molar-refractivity contribution in [2.24, 2.45) is 0 Å². The number of nitrogens with zero attached hydrogens (tertiary/aromatic N) is 1. The molecule has 1 atom stereocenters. The third kappa shape index (κ3) is 3.90. The number of carbonyl (C=O) groups excluding carboxylic acids is 2. The number of esters is 1. The zero-order valence-electron chi connectivity index (χ0n) is 11.8. The third-order valence-electron chi connectivity index (χ3n) is 3.23. The fraction of sp³-hybridized carbons (Fsp3) is 0.429. The lowest BCUT2D eigenvalue weighted by Gasteiger charge is -2.27. The van der Waals surface area contributed by atoms with Gasteiger partial charge in [0, 0.05) is 19.2 Å². The number of halogens is 3. The molecule has 5 nitrogen and oxygen atoms in total. The number of rotatable bonds is 3. The fourth-order valence-electron chi connectivity index (χ4n) is 2.33. The lowest BCUT2D eigenvalue weighted by molar-refractivity contribution is -0.189. The summed E-state index contributed by atoms with van der Waals surface area (Å²) in [5.74, 6) is -2.58. The molecule has 0 saturated carbocycles. The van der Waals surface area contributed by atoms with E-state index < -0.39 is 12.1 Å². The van der Waals surface area contributed by atoms with Gasteiger partial charge in [0.05, 0.1) is 0 Å². The Morgan fingerprint density at radius 2 is 1.91 bits per heavy atom. The normalized spacial score (nSPS) is 18.2. The van der Waals surface area contributed by atoms with E-state index in [1.165, 1.54) is 19.1 Å². The Morgan fingerprint density at radius 1 is 1.27 bits per heavy atom. The van der Waals surface area contributed by atoms with Crippen LogP contribution in [0.3, 0.4) is 0 Å². The lowest BCUT2D eigenvalue weighted by atomic mass is 10.2. The summed E-state index contributed by atoms with van der Waals surface area (Å²) in [6, 6.07) is 5.70. The topological polar surface area (TPSA) is 58.6 Å². The van der Waals surface area contributed by atoms with Gasteiger partial charge in [-0.3, -0.25) is 4.79 Å². The Labute approximate surface area is 125 Å². The first-order valence-electron chi connectivity index (χ1n) is 6.70. The van der Waals surface area contributed by atoms with E-state index in [-0.39, 0.29) is 17.8 Å². The maximum absolute atomic E-state index is 12.1. The number of alkyl halides is 3. The van der Waals surface area contributed by atoms with Crippen LogP contribution in [-0.4, -0.2) is 30.8 Å². The van der Waals surface area contributed by atoms with Crippen molar-refractivity contribution in [2.45, 2.75) is 32.1 Å². The summed E-state index contributed by atoms with van der Waals surface area (Å²) in [5, 5.41) is 2.81. The smallest absolute Gasteiger partial charge is 0.420 e. The highest BCUT2D eigenvalue weighted by Gasteiger charge is 2.41. The Bertz CT molecular complexity index is 557. The second-order valence-corrected chi connectivity index (χ2v) is 4.93. The van der Waals surface area contributed by atoms with Crippen molar-refractivity contribution in [3.8, 4) is 5.75 Å². The zero-order chi connectivity index (χ0) is 16.3. The van der Waals surface area contributed by atoms with Crippen LogP contribution < -0.4 is 15.0 Å². The van der Waals surface area contributed by atoms with E-state index in [1.54, 1.807) is 12.1 Å². The third-order valence-corrected chi connectivity index (χ3v) is 3.23. The first kappa shape index (κ1) is 16.1. The largest absolute Gasteiger partial charge is 0.491 e. The van der Waals surface area contributed by atoms with Crippen LogP contribution in [0, 0.1) is 0 Å². The Hall–Kier alpha value is -2.25. The molecule has 0 aromatic heterocycles. The quantitative estimate of drug-likeness (QED) is 0.686. The van der Waals surface area contributed by atoms with E-state index in [0.29, 0.717) is 0 Å². The van der Waals surface area contributed by atoms with Gasteiger partial charge in [-0.25, -0.2) is 4.79 Å². The lowest BCUT2D eigenvalue weighted by Crippen LogP contribution is -2.43. The summed E-state index contributed by atoms with van der Waals surface area (Å²) in [5.41, 5.74) is 0.739. The molecule has 8 heteroatoms. The van der Waals surface area contributed by atoms with Gasteiger partial charge in [0.15, 0.2) is 0 Å². The van der Waals surface area contributed by atoms with Crippen LogP contribution in [0.5, 0.6) is 5.75 Å². The first-order valence-corrected chi connectivity index (χ1v) is 6.70. The summed E-state index contributed by atoms with van der Waals surface area (Å²) < 4.78 is 40.6. The number of carbonyl (C=O) groups is 2. The molecule has 1 amide bonds. The van der Waals surface area contributed by atoms with Crippen molar-refractivity contribution in [1.29, 1.82) is 0 Å². The van der Waals surface area contributed by atoms with E-state index in [0.717, 1.165) is 25.1 Å². The summed E-state index contributed by atoms with van der Waals surface area (Å²) in [7, 11) is 0. The summed E-state index contributed by atoms with van der Waals surface area (Å²) in [6.07, 6.45) is -3.47. The van der Waals surface area contributed by atoms with Gasteiger partial charge in [-0.2, -0.15) is 13.2 Å². The predicted octanol–water partition coefficient (Wildman–Crippen LogP) is 2.22. The molecule has 0 radical (unpaired) electrons. The van der Waals surface area contributed by atoms with Crippen LogP contribution in [0.1, 0.15) is 19.8 Å². The summed E-state index contributed by atoms with van der Waals surface area (Å²) >= 11 is 0. The number of ether oxygens (including phenoxy) is 1. The highest BCUT2D eigenvalue weighted by Crippen LogP contribution is 2.27. The number of benzene rings is 1. The Morgan fingerprint density at radius 3 is 2.45 bits per heavy atom. The second-order valence-electron chi connectivity index (χ2n) is 4.93. The van der Waals surface area contributed by atoms with Crippen molar-refractivity contribution < 1.29 is 27.5 Å². The monoisotopic (exact) mass is 316 g/mol. The van der Waals surface area contributed by atoms with Gasteiger partial charge in [0.25, 0.3) is 0 Å². The van der Waals surface area contributed by atoms with Gasteiger partial charge in [0.1, 0.15) is 11.9 Å². The Balaban J connectivity index is 2.05. The highest BCUT2D eigenvalue weighted by atomic mass is 19.4. The standard InChI is InChI=1S/C14H15F3N2O3/c1-9(20)18-12-3-2-8-19(12)10-4-6-11(7-5-10)22-13(21)14(15,16)17/h4-7,12H,2-3,8H2,1H3,(H,18,20). The molecule has 22 heavy (non-hydrogen) atoms. The molecule has 1 aliphatic heterocycles. The van der Waals surface area contributed by atoms with Crippen LogP contribution in [0.15, 0.2) is 24.3 Å². The number of nitrogens with one attached hydrogen (secondary N) is 1. The van der Waals surface area contributed by atoms with E-state index >= 15 is 0 Å². The SMILES string of the molecule is CC(=O)NC1CCCN1c1ccc(OC(=O)C(F)(F)F)cc1. The molecule has 1 unspecified atom stereocenters. The van der Waals surface area contributed by atoms with E-state index in [1.807, 2.05) is 4.90 Å². The van der Waals surface area contributed by atoms with Crippen molar-refractivity contribution in [1.82, 2.24) is 5.32 Å². The summed E-state index contributed by atoms with van der Waals surface area (Å²) in [6.45, 7) is 2.16. The molecule has 1 aromatic rings. The van der Waals surface area contributed by atoms with Gasteiger partial charge < -0.3 is 15.0 Å². The molecule has 0 aliphatic carbocycles. The predicted molar refractivity (Wildman–Crippen MR) is 72.3 cm³/mol. The van der Waals surface area contributed by atoms with Crippen LogP contribution in [0.4, 0.5) is 18.9 Å². The molecule has 1 heterocycles. The van der Waals surface area contributed by atoms with Gasteiger partial charge in [-0.15, -0.1) is 0 Å². The average molecular weight is 316 g/mol. The molecule has 1 N–H and O–H groups in total. The maximum Gasteiger partial charge on any atom is 0.491 e. The fourth-order valence-corrected chi connectivity index (χ4v) is 2.33. The minimum Gasteiger partial charge on any atom is -0.420 e. The number of hydrogen-bond donors (Lipinski definition) is 1. The van der Waals surface area contributed by atoms with E-state index in [2.05, 4.69) is 10.1 Å². The second kappa shape index (κ2) is 6.25. The van der Waals surface area contributed by atoms with Crippen molar-refractivity contribution in [2.75, 3.05) is 11.4 Å². The minimum atomic E-state index is -5.02. The van der Waals surface area contributed by atoms with Gasteiger partial charge in [0.2, 0.25) is 5.91 Å². The van der Waals surface area contributed by atoms with E-state index in [4.69, 9.17) is 0 Å². The molecule has 0 spiro atoms. The molecule has 1 aliphatic rings. The molecule has 2 rings (SSSR count). The molecule has 1 saturated heterocycles. The molecule has 0 bridgehead atoms. The molecule has 1 fully saturated rings. The molecule has 120 valence electrons. The maximum atomic E-state index is 12.1. The van der Waals surface area contributed by atoms with Crippen molar-refractivity contribution >= 4 is 17.6 Å². The van der Waals surface area contributed by atoms with Crippen LogP contribution in [-0.2, 0) is 9.59 Å². The molecule has 1 aromatic carbocycles. The highest BCUT2D eigenvalue weighted by molar-refractivity contribution is 5.78. The van der Waals surface area contributed by atoms with Gasteiger partial charge in [-0.1, -0.05) is 0 Å². The molecular weight excluding hydrogens is 301 g/mol. The molecular formula is C14H15F3N2O3. The van der Waals surface area contributed by atoms with Crippen LogP contribution >= 0.6 is 0 Å². The van der Waals surface area contributed by atoms with Crippen LogP contribution in [0.2, 0.25) is 0 Å². The number of amides is 1. The van der Waals surface area contributed by atoms with Crippen molar-refractivity contribution in [3.63, 3.8) is 0 Å². The number of hydrogen-bond acceptors (Lipinski definition) is 4. The van der Waals surface area contributed by atoms with Gasteiger partial charge in [-0.05, 0) is 37.1 Å². The minimum absolute atomic E-state index is 0.138. The van der Waals surface area contributed by atoms with Crippen molar-refractivity contribution in [3.05, 3.63) is 24.3 Å². The summed E-state index contributed by atoms with van der Waals surface area (Å²) in [4.78, 5) is 23.8. The van der Waals surface area contributed by atoms with E-state index in [9.17, 15) is 22.8 Å². The first-order chi connectivity index (χ1) is 10.3. The average Bonchev–Trinajstić information content (AvgIpc) is 2.85. The van der Waals surface area contributed by atoms with Gasteiger partial charge >= 0.3 is 12.1 Å². The van der Waals surface area contributed by atoms with Crippen LogP contribution in [0.25, 0.3) is 0 Å².